The first kappa shape index (κ1) is 14.4. The van der Waals surface area contributed by atoms with Gasteiger partial charge in [0.1, 0.15) is 0 Å². The van der Waals surface area contributed by atoms with Gasteiger partial charge in [-0.1, -0.05) is 42.1 Å². The summed E-state index contributed by atoms with van der Waals surface area (Å²) in [6.07, 6.45) is 3.80. The third-order valence-corrected chi connectivity index (χ3v) is 4.44. The number of benzene rings is 2. The van der Waals surface area contributed by atoms with E-state index >= 15 is 0 Å². The third kappa shape index (κ3) is 3.05. The Morgan fingerprint density at radius 3 is 2.86 bits per heavy atom. The van der Waals surface area contributed by atoms with E-state index in [0.29, 0.717) is 5.56 Å². The van der Waals surface area contributed by atoms with Crippen LogP contribution in [0.4, 0.5) is 0 Å². The van der Waals surface area contributed by atoms with E-state index in [1.165, 1.54) is 5.56 Å². The largest absolute Gasteiger partial charge is 0.295 e. The van der Waals surface area contributed by atoms with Crippen LogP contribution in [0.5, 0.6) is 0 Å². The Morgan fingerprint density at radius 2 is 2.05 bits per heavy atom. The number of para-hydroxylation sites is 1. The Labute approximate surface area is 134 Å². The highest BCUT2D eigenvalue weighted by Gasteiger charge is 2.08. The summed E-state index contributed by atoms with van der Waals surface area (Å²) in [5, 5.41) is 9.92. The first-order valence-electron chi connectivity index (χ1n) is 6.99. The minimum atomic E-state index is 0.695. The quantitative estimate of drug-likeness (QED) is 0.673. The fourth-order valence-corrected chi connectivity index (χ4v) is 3.20. The average molecular weight is 305 g/mol. The number of thioether (sulfide) groups is 1. The molecule has 1 aromatic heterocycles. The second-order valence-electron chi connectivity index (χ2n) is 4.97. The summed E-state index contributed by atoms with van der Waals surface area (Å²) in [5.41, 5.74) is 4.19. The van der Waals surface area contributed by atoms with Gasteiger partial charge in [0.25, 0.3) is 0 Å². The van der Waals surface area contributed by atoms with Crippen molar-refractivity contribution >= 4 is 11.8 Å². The predicted molar refractivity (Wildman–Crippen MR) is 89.0 cm³/mol. The SMILES string of the molecule is Cc1ccccc1-n1ccnc1SCc1cccc(C#N)c1. The number of aryl methyl sites for hydroxylation is 1. The molecule has 3 rings (SSSR count). The number of hydrogen-bond acceptors (Lipinski definition) is 3. The molecule has 0 aliphatic rings. The molecular formula is C18H15N3S. The normalized spacial score (nSPS) is 10.4. The summed E-state index contributed by atoms with van der Waals surface area (Å²) in [7, 11) is 0. The monoisotopic (exact) mass is 305 g/mol. The van der Waals surface area contributed by atoms with Crippen molar-refractivity contribution in [1.82, 2.24) is 9.55 Å². The Hall–Kier alpha value is -2.51. The van der Waals surface area contributed by atoms with Crippen LogP contribution in [0.15, 0.2) is 66.1 Å². The maximum Gasteiger partial charge on any atom is 0.172 e. The smallest absolute Gasteiger partial charge is 0.172 e. The van der Waals surface area contributed by atoms with Gasteiger partial charge in [0.2, 0.25) is 0 Å². The van der Waals surface area contributed by atoms with Gasteiger partial charge in [0, 0.05) is 18.1 Å². The number of nitriles is 1. The Balaban J connectivity index is 1.81. The van der Waals surface area contributed by atoms with Crippen LogP contribution in [-0.4, -0.2) is 9.55 Å². The lowest BCUT2D eigenvalue weighted by Crippen LogP contribution is -1.97. The van der Waals surface area contributed by atoms with Crippen molar-refractivity contribution in [3.05, 3.63) is 77.6 Å². The fraction of sp³-hybridized carbons (Fsp3) is 0.111. The minimum Gasteiger partial charge on any atom is -0.295 e. The summed E-state index contributed by atoms with van der Waals surface area (Å²) in [6, 6.07) is 18.1. The topological polar surface area (TPSA) is 41.6 Å². The van der Waals surface area contributed by atoms with Crippen molar-refractivity contribution in [2.75, 3.05) is 0 Å². The summed E-state index contributed by atoms with van der Waals surface area (Å²) >= 11 is 1.67. The second-order valence-corrected chi connectivity index (χ2v) is 5.91. The van der Waals surface area contributed by atoms with Crippen LogP contribution >= 0.6 is 11.8 Å². The lowest BCUT2D eigenvalue weighted by molar-refractivity contribution is 0.888. The van der Waals surface area contributed by atoms with Crippen molar-refractivity contribution in [3.8, 4) is 11.8 Å². The van der Waals surface area contributed by atoms with Crippen LogP contribution in [0.1, 0.15) is 16.7 Å². The van der Waals surface area contributed by atoms with Crippen LogP contribution in [0.3, 0.4) is 0 Å². The summed E-state index contributed by atoms with van der Waals surface area (Å²) in [4.78, 5) is 4.45. The molecule has 0 radical (unpaired) electrons. The molecule has 0 aliphatic heterocycles. The summed E-state index contributed by atoms with van der Waals surface area (Å²) in [6.45, 7) is 2.10. The molecule has 4 heteroatoms. The van der Waals surface area contributed by atoms with Gasteiger partial charge in [-0.2, -0.15) is 5.26 Å². The molecule has 0 fully saturated rings. The lowest BCUT2D eigenvalue weighted by atomic mass is 10.2. The molecule has 1 heterocycles. The standard InChI is InChI=1S/C18H15N3S/c1-14-5-2-3-8-17(14)21-10-9-20-18(21)22-13-16-7-4-6-15(11-16)12-19/h2-11H,13H2,1H3. The maximum atomic E-state index is 8.96. The van der Waals surface area contributed by atoms with E-state index in [1.54, 1.807) is 11.8 Å². The summed E-state index contributed by atoms with van der Waals surface area (Å²) in [5.74, 6) is 0.790. The molecule has 22 heavy (non-hydrogen) atoms. The zero-order valence-corrected chi connectivity index (χ0v) is 13.0. The minimum absolute atomic E-state index is 0.695. The highest BCUT2D eigenvalue weighted by atomic mass is 32.2. The van der Waals surface area contributed by atoms with Crippen LogP contribution in [0.2, 0.25) is 0 Å². The molecule has 0 N–H and O–H groups in total. The lowest BCUT2D eigenvalue weighted by Gasteiger charge is -2.10. The van der Waals surface area contributed by atoms with Crippen molar-refractivity contribution in [1.29, 1.82) is 5.26 Å². The first-order chi connectivity index (χ1) is 10.8. The molecule has 0 atom stereocenters. The van der Waals surface area contributed by atoms with Crippen LogP contribution in [-0.2, 0) is 5.75 Å². The molecular weight excluding hydrogens is 290 g/mol. The van der Waals surface area contributed by atoms with Crippen molar-refractivity contribution in [2.45, 2.75) is 17.8 Å². The van der Waals surface area contributed by atoms with Gasteiger partial charge in [-0.25, -0.2) is 4.98 Å². The molecule has 0 saturated carbocycles. The first-order valence-corrected chi connectivity index (χ1v) is 7.97. The number of hydrogen-bond donors (Lipinski definition) is 0. The van der Waals surface area contributed by atoms with Gasteiger partial charge in [-0.3, -0.25) is 4.57 Å². The molecule has 0 spiro atoms. The van der Waals surface area contributed by atoms with Crippen LogP contribution < -0.4 is 0 Å². The average Bonchev–Trinajstić information content (AvgIpc) is 3.02. The predicted octanol–water partition coefficient (Wildman–Crippen LogP) is 4.34. The number of nitrogens with zero attached hydrogens (tertiary/aromatic N) is 3. The van der Waals surface area contributed by atoms with E-state index in [9.17, 15) is 0 Å². The molecule has 108 valence electrons. The number of imidazole rings is 1. The molecule has 0 aliphatic carbocycles. The molecule has 0 bridgehead atoms. The Morgan fingerprint density at radius 1 is 1.18 bits per heavy atom. The Bertz CT molecular complexity index is 830. The van der Waals surface area contributed by atoms with Gasteiger partial charge in [-0.05, 0) is 36.2 Å². The molecule has 0 saturated heterocycles. The summed E-state index contributed by atoms with van der Waals surface area (Å²) < 4.78 is 2.11. The third-order valence-electron chi connectivity index (χ3n) is 3.41. The van der Waals surface area contributed by atoms with Gasteiger partial charge in [0.05, 0.1) is 17.3 Å². The molecule has 0 unspecified atom stereocenters. The molecule has 0 amide bonds. The van der Waals surface area contributed by atoms with E-state index in [-0.39, 0.29) is 0 Å². The van der Waals surface area contributed by atoms with Crippen molar-refractivity contribution < 1.29 is 0 Å². The van der Waals surface area contributed by atoms with Crippen LogP contribution in [0.25, 0.3) is 5.69 Å². The van der Waals surface area contributed by atoms with E-state index in [1.807, 2.05) is 48.8 Å². The van der Waals surface area contributed by atoms with E-state index in [2.05, 4.69) is 34.7 Å². The van der Waals surface area contributed by atoms with Crippen LogP contribution in [0, 0.1) is 18.3 Å². The van der Waals surface area contributed by atoms with E-state index in [4.69, 9.17) is 5.26 Å². The second kappa shape index (κ2) is 6.50. The molecule has 3 nitrogen and oxygen atoms in total. The number of aromatic nitrogens is 2. The zero-order chi connectivity index (χ0) is 15.4. The van der Waals surface area contributed by atoms with Gasteiger partial charge in [0.15, 0.2) is 5.16 Å². The maximum absolute atomic E-state index is 8.96. The van der Waals surface area contributed by atoms with Gasteiger partial charge < -0.3 is 0 Å². The highest BCUT2D eigenvalue weighted by molar-refractivity contribution is 7.98. The molecule has 2 aromatic carbocycles. The Kier molecular flexibility index (Phi) is 4.27. The van der Waals surface area contributed by atoms with Gasteiger partial charge in [-0.15, -0.1) is 0 Å². The zero-order valence-electron chi connectivity index (χ0n) is 12.2. The fourth-order valence-electron chi connectivity index (χ4n) is 2.29. The van der Waals surface area contributed by atoms with Crippen molar-refractivity contribution in [3.63, 3.8) is 0 Å². The number of rotatable bonds is 4. The van der Waals surface area contributed by atoms with E-state index in [0.717, 1.165) is 22.2 Å². The molecule has 3 aromatic rings. The van der Waals surface area contributed by atoms with E-state index < -0.39 is 0 Å². The highest BCUT2D eigenvalue weighted by Crippen LogP contribution is 2.25. The van der Waals surface area contributed by atoms with Crippen molar-refractivity contribution in [2.24, 2.45) is 0 Å². The van der Waals surface area contributed by atoms with Gasteiger partial charge >= 0.3 is 0 Å².